The Hall–Kier alpha value is -2.83. The summed E-state index contributed by atoms with van der Waals surface area (Å²) in [5.41, 5.74) is 0.947. The van der Waals surface area contributed by atoms with Gasteiger partial charge in [0.05, 0.1) is 6.42 Å². The van der Waals surface area contributed by atoms with E-state index in [1.54, 1.807) is 18.5 Å². The summed E-state index contributed by atoms with van der Waals surface area (Å²) in [6.07, 6.45) is 3.85. The van der Waals surface area contributed by atoms with Gasteiger partial charge >= 0.3 is 0 Å². The highest BCUT2D eigenvalue weighted by Crippen LogP contribution is 2.31. The van der Waals surface area contributed by atoms with Gasteiger partial charge in [-0.1, -0.05) is 6.07 Å². The quantitative estimate of drug-likeness (QED) is 0.835. The van der Waals surface area contributed by atoms with Crippen molar-refractivity contribution in [1.82, 2.24) is 14.9 Å². The van der Waals surface area contributed by atoms with Gasteiger partial charge in [-0.2, -0.15) is 0 Å². The Morgan fingerprint density at radius 2 is 1.72 bits per heavy atom. The van der Waals surface area contributed by atoms with Gasteiger partial charge in [-0.05, 0) is 23.8 Å². The second kappa shape index (κ2) is 6.96. The number of fused-ring (bicyclic) bond motifs is 1. The number of amides is 1. The van der Waals surface area contributed by atoms with E-state index in [0.717, 1.165) is 36.1 Å². The van der Waals surface area contributed by atoms with Crippen LogP contribution >= 0.6 is 0 Å². The highest BCUT2D eigenvalue weighted by molar-refractivity contribution is 5.79. The van der Waals surface area contributed by atoms with Gasteiger partial charge in [0.2, 0.25) is 11.9 Å². The van der Waals surface area contributed by atoms with Gasteiger partial charge in [0.1, 0.15) is 13.2 Å². The predicted octanol–water partition coefficient (Wildman–Crippen LogP) is 1.14. The zero-order valence-corrected chi connectivity index (χ0v) is 13.9. The maximum atomic E-state index is 12.6. The first kappa shape index (κ1) is 15.7. The number of ether oxygens (including phenoxy) is 2. The first-order valence-electron chi connectivity index (χ1n) is 8.48. The van der Waals surface area contributed by atoms with Crippen LogP contribution in [0.3, 0.4) is 0 Å². The SMILES string of the molecule is O=C(Cc1ccc2c(c1)OCCO2)N1CCN(c2ncccn2)CC1. The van der Waals surface area contributed by atoms with E-state index < -0.39 is 0 Å². The van der Waals surface area contributed by atoms with Crippen LogP contribution in [0.5, 0.6) is 11.5 Å². The molecule has 1 saturated heterocycles. The first-order valence-corrected chi connectivity index (χ1v) is 8.48. The molecule has 130 valence electrons. The first-order chi connectivity index (χ1) is 12.3. The summed E-state index contributed by atoms with van der Waals surface area (Å²) >= 11 is 0. The Bertz CT molecular complexity index is 745. The number of aromatic nitrogens is 2. The van der Waals surface area contributed by atoms with Gasteiger partial charge < -0.3 is 19.3 Å². The van der Waals surface area contributed by atoms with Crippen LogP contribution in [0.4, 0.5) is 5.95 Å². The van der Waals surface area contributed by atoms with Crippen LogP contribution in [0.2, 0.25) is 0 Å². The van der Waals surface area contributed by atoms with Crippen molar-refractivity contribution in [3.63, 3.8) is 0 Å². The number of hydrogen-bond donors (Lipinski definition) is 0. The van der Waals surface area contributed by atoms with Crippen LogP contribution in [0.25, 0.3) is 0 Å². The topological polar surface area (TPSA) is 67.8 Å². The van der Waals surface area contributed by atoms with Crippen LogP contribution in [-0.2, 0) is 11.2 Å². The molecule has 1 fully saturated rings. The molecule has 1 amide bonds. The summed E-state index contributed by atoms with van der Waals surface area (Å²) in [6.45, 7) is 3.98. The van der Waals surface area contributed by atoms with Crippen LogP contribution < -0.4 is 14.4 Å². The molecule has 0 radical (unpaired) electrons. The van der Waals surface area contributed by atoms with Crippen molar-refractivity contribution >= 4 is 11.9 Å². The molecule has 2 aliphatic rings. The third kappa shape index (κ3) is 3.50. The van der Waals surface area contributed by atoms with Crippen LogP contribution in [0, 0.1) is 0 Å². The number of hydrogen-bond acceptors (Lipinski definition) is 6. The van der Waals surface area contributed by atoms with E-state index in [-0.39, 0.29) is 5.91 Å². The van der Waals surface area contributed by atoms with Gasteiger partial charge in [-0.3, -0.25) is 4.79 Å². The van der Waals surface area contributed by atoms with Gasteiger partial charge in [0.25, 0.3) is 0 Å². The lowest BCUT2D eigenvalue weighted by Gasteiger charge is -2.34. The second-order valence-electron chi connectivity index (χ2n) is 6.07. The van der Waals surface area contributed by atoms with E-state index in [9.17, 15) is 4.79 Å². The zero-order chi connectivity index (χ0) is 17.1. The Labute approximate surface area is 146 Å². The van der Waals surface area contributed by atoms with Crippen molar-refractivity contribution in [3.05, 3.63) is 42.2 Å². The highest BCUT2D eigenvalue weighted by Gasteiger charge is 2.23. The molecule has 7 nitrogen and oxygen atoms in total. The number of benzene rings is 1. The summed E-state index contributed by atoms with van der Waals surface area (Å²) in [5.74, 6) is 2.33. The van der Waals surface area contributed by atoms with Crippen molar-refractivity contribution in [2.24, 2.45) is 0 Å². The maximum absolute atomic E-state index is 12.6. The fourth-order valence-corrected chi connectivity index (χ4v) is 3.09. The zero-order valence-electron chi connectivity index (χ0n) is 13.9. The third-order valence-corrected chi connectivity index (χ3v) is 4.43. The van der Waals surface area contributed by atoms with Gasteiger partial charge in [0.15, 0.2) is 11.5 Å². The molecule has 0 N–H and O–H groups in total. The number of rotatable bonds is 3. The standard InChI is InChI=1S/C18H20N4O3/c23-17(13-14-2-3-15-16(12-14)25-11-10-24-15)21-6-8-22(9-7-21)18-19-4-1-5-20-18/h1-5,12H,6-11,13H2. The molecular weight excluding hydrogens is 320 g/mol. The van der Waals surface area contributed by atoms with Crippen LogP contribution in [0.15, 0.2) is 36.7 Å². The van der Waals surface area contributed by atoms with E-state index in [0.29, 0.717) is 32.7 Å². The lowest BCUT2D eigenvalue weighted by atomic mass is 10.1. The van der Waals surface area contributed by atoms with Gasteiger partial charge in [-0.15, -0.1) is 0 Å². The summed E-state index contributed by atoms with van der Waals surface area (Å²) < 4.78 is 11.1. The Morgan fingerprint density at radius 3 is 2.48 bits per heavy atom. The minimum Gasteiger partial charge on any atom is -0.486 e. The molecule has 0 atom stereocenters. The van der Waals surface area contributed by atoms with Gasteiger partial charge in [-0.25, -0.2) is 9.97 Å². The molecule has 0 saturated carbocycles. The molecule has 2 aromatic rings. The predicted molar refractivity (Wildman–Crippen MR) is 92.0 cm³/mol. The third-order valence-electron chi connectivity index (χ3n) is 4.43. The van der Waals surface area contributed by atoms with Crippen molar-refractivity contribution in [1.29, 1.82) is 0 Å². The smallest absolute Gasteiger partial charge is 0.227 e. The molecule has 1 aromatic heterocycles. The summed E-state index contributed by atoms with van der Waals surface area (Å²) in [6, 6.07) is 7.51. The van der Waals surface area contributed by atoms with Crippen molar-refractivity contribution in [3.8, 4) is 11.5 Å². The number of carbonyl (C=O) groups is 1. The van der Waals surface area contributed by atoms with Gasteiger partial charge in [0, 0.05) is 38.6 Å². The number of carbonyl (C=O) groups excluding carboxylic acids is 1. The molecule has 25 heavy (non-hydrogen) atoms. The summed E-state index contributed by atoms with van der Waals surface area (Å²) in [5, 5.41) is 0. The number of piperazine rings is 1. The largest absolute Gasteiger partial charge is 0.486 e. The van der Waals surface area contributed by atoms with Crippen molar-refractivity contribution < 1.29 is 14.3 Å². The van der Waals surface area contributed by atoms with Crippen LogP contribution in [0.1, 0.15) is 5.56 Å². The molecular formula is C18H20N4O3. The summed E-state index contributed by atoms with van der Waals surface area (Å²) in [7, 11) is 0. The lowest BCUT2D eigenvalue weighted by Crippen LogP contribution is -2.49. The number of nitrogens with zero attached hydrogens (tertiary/aromatic N) is 4. The molecule has 0 bridgehead atoms. The monoisotopic (exact) mass is 340 g/mol. The van der Waals surface area contributed by atoms with Crippen LogP contribution in [-0.4, -0.2) is 60.2 Å². The molecule has 7 heteroatoms. The van der Waals surface area contributed by atoms with E-state index in [1.807, 2.05) is 23.1 Å². The Morgan fingerprint density at radius 1 is 1.00 bits per heavy atom. The maximum Gasteiger partial charge on any atom is 0.227 e. The molecule has 2 aliphatic heterocycles. The van der Waals surface area contributed by atoms with E-state index in [1.165, 1.54) is 0 Å². The average Bonchev–Trinajstić information content (AvgIpc) is 2.69. The second-order valence-corrected chi connectivity index (χ2v) is 6.07. The molecule has 3 heterocycles. The van der Waals surface area contributed by atoms with E-state index >= 15 is 0 Å². The Kier molecular flexibility index (Phi) is 4.37. The minimum atomic E-state index is 0.130. The van der Waals surface area contributed by atoms with Crippen molar-refractivity contribution in [2.75, 3.05) is 44.3 Å². The number of anilines is 1. The summed E-state index contributed by atoms with van der Waals surface area (Å²) in [4.78, 5) is 25.1. The molecule has 1 aromatic carbocycles. The minimum absolute atomic E-state index is 0.130. The van der Waals surface area contributed by atoms with E-state index in [4.69, 9.17) is 9.47 Å². The average molecular weight is 340 g/mol. The van der Waals surface area contributed by atoms with Crippen molar-refractivity contribution in [2.45, 2.75) is 6.42 Å². The molecule has 4 rings (SSSR count). The highest BCUT2D eigenvalue weighted by atomic mass is 16.6. The molecule has 0 unspecified atom stereocenters. The Balaban J connectivity index is 1.35. The lowest BCUT2D eigenvalue weighted by molar-refractivity contribution is -0.130. The normalized spacial score (nSPS) is 16.6. The fourth-order valence-electron chi connectivity index (χ4n) is 3.09. The van der Waals surface area contributed by atoms with E-state index in [2.05, 4.69) is 14.9 Å². The molecule has 0 spiro atoms. The fraction of sp³-hybridized carbons (Fsp3) is 0.389. The molecule has 0 aliphatic carbocycles.